The maximum absolute atomic E-state index is 12.8. The average molecular weight is 311 g/mol. The average Bonchev–Trinajstić information content (AvgIpc) is 2.83. The van der Waals surface area contributed by atoms with Gasteiger partial charge in [0, 0.05) is 11.3 Å². The summed E-state index contributed by atoms with van der Waals surface area (Å²) in [6, 6.07) is 17.0. The second kappa shape index (κ2) is 4.78. The van der Waals surface area contributed by atoms with Crippen LogP contribution >= 0.6 is 11.8 Å². The zero-order valence-corrected chi connectivity index (χ0v) is 12.4. The van der Waals surface area contributed by atoms with Gasteiger partial charge in [-0.3, -0.25) is 20.0 Å². The molecule has 1 saturated heterocycles. The zero-order chi connectivity index (χ0) is 15.2. The number of nitrogens with one attached hydrogen (secondary N) is 2. The first-order valence-corrected chi connectivity index (χ1v) is 7.90. The summed E-state index contributed by atoms with van der Waals surface area (Å²) >= 11 is 1.34. The van der Waals surface area contributed by atoms with Crippen molar-refractivity contribution in [3.05, 3.63) is 60.2 Å². The van der Waals surface area contributed by atoms with E-state index in [1.54, 1.807) is 5.01 Å². The van der Waals surface area contributed by atoms with Crippen LogP contribution in [0.5, 0.6) is 0 Å². The Kier molecular flexibility index (Phi) is 2.87. The summed E-state index contributed by atoms with van der Waals surface area (Å²) < 4.78 is 0. The number of rotatable bonds is 1. The number of benzene rings is 2. The predicted molar refractivity (Wildman–Crippen MR) is 86.3 cm³/mol. The third kappa shape index (κ3) is 1.74. The van der Waals surface area contributed by atoms with Gasteiger partial charge in [-0.05, 0) is 18.2 Å². The van der Waals surface area contributed by atoms with Crippen LogP contribution in [0.25, 0.3) is 0 Å². The monoisotopic (exact) mass is 311 g/mol. The predicted octanol–water partition coefficient (Wildman–Crippen LogP) is 2.08. The summed E-state index contributed by atoms with van der Waals surface area (Å²) in [7, 11) is 0. The molecule has 0 radical (unpaired) electrons. The number of hydrazine groups is 1. The number of anilines is 2. The highest BCUT2D eigenvalue weighted by Crippen LogP contribution is 2.50. The van der Waals surface area contributed by atoms with Crippen LogP contribution in [0.1, 0.15) is 5.56 Å². The Bertz CT molecular complexity index is 765. The Morgan fingerprint density at radius 2 is 1.73 bits per heavy atom. The molecule has 22 heavy (non-hydrogen) atoms. The number of hydrogen-bond acceptors (Lipinski definition) is 4. The van der Waals surface area contributed by atoms with Gasteiger partial charge in [-0.2, -0.15) is 0 Å². The molecule has 4 rings (SSSR count). The van der Waals surface area contributed by atoms with E-state index in [1.807, 2.05) is 54.6 Å². The van der Waals surface area contributed by atoms with E-state index in [4.69, 9.17) is 0 Å². The zero-order valence-electron chi connectivity index (χ0n) is 11.6. The van der Waals surface area contributed by atoms with E-state index in [0.717, 1.165) is 16.9 Å². The normalized spacial score (nSPS) is 23.2. The number of para-hydroxylation sites is 2. The molecule has 2 aromatic carbocycles. The fourth-order valence-corrected chi connectivity index (χ4v) is 4.08. The van der Waals surface area contributed by atoms with Crippen molar-refractivity contribution >= 4 is 35.0 Å². The first kappa shape index (κ1) is 13.2. The number of thioether (sulfide) groups is 1. The summed E-state index contributed by atoms with van der Waals surface area (Å²) in [4.78, 5) is 23.7. The molecule has 0 bridgehead atoms. The molecule has 2 amide bonds. The van der Waals surface area contributed by atoms with Gasteiger partial charge in [-0.1, -0.05) is 36.4 Å². The molecular formula is C16H13N3O2S. The van der Waals surface area contributed by atoms with Crippen molar-refractivity contribution in [2.24, 2.45) is 0 Å². The molecule has 6 heteroatoms. The van der Waals surface area contributed by atoms with Crippen LogP contribution in [-0.2, 0) is 14.5 Å². The van der Waals surface area contributed by atoms with Crippen LogP contribution in [-0.4, -0.2) is 17.6 Å². The van der Waals surface area contributed by atoms with Crippen molar-refractivity contribution in [1.82, 2.24) is 5.43 Å². The standard InChI is InChI=1S/C16H13N3O2S/c20-14-10-22-16(19(18-14)11-6-2-1-3-7-11)12-8-4-5-9-13(12)17-15(16)21/h1-9H,10H2,(H,17,21)(H,18,20). The lowest BCUT2D eigenvalue weighted by molar-refractivity contribution is -0.121. The Balaban J connectivity index is 1.91. The van der Waals surface area contributed by atoms with Gasteiger partial charge >= 0.3 is 0 Å². The number of carbonyl (C=O) groups is 2. The van der Waals surface area contributed by atoms with Crippen LogP contribution in [0, 0.1) is 0 Å². The molecule has 2 heterocycles. The van der Waals surface area contributed by atoms with Gasteiger partial charge in [-0.15, -0.1) is 11.8 Å². The molecule has 2 aromatic rings. The van der Waals surface area contributed by atoms with Crippen LogP contribution in [0.4, 0.5) is 11.4 Å². The first-order chi connectivity index (χ1) is 10.7. The van der Waals surface area contributed by atoms with Crippen molar-refractivity contribution in [1.29, 1.82) is 0 Å². The molecule has 0 aliphatic carbocycles. The molecule has 1 spiro atoms. The van der Waals surface area contributed by atoms with E-state index in [2.05, 4.69) is 10.7 Å². The maximum atomic E-state index is 12.8. The topological polar surface area (TPSA) is 61.4 Å². The fourth-order valence-electron chi connectivity index (χ4n) is 2.88. The van der Waals surface area contributed by atoms with E-state index in [-0.39, 0.29) is 17.6 Å². The molecule has 2 aliphatic rings. The molecule has 0 aromatic heterocycles. The van der Waals surface area contributed by atoms with E-state index in [0.29, 0.717) is 0 Å². The Hall–Kier alpha value is -2.47. The number of hydrogen-bond donors (Lipinski definition) is 2. The van der Waals surface area contributed by atoms with Gasteiger partial charge in [0.05, 0.1) is 11.4 Å². The number of carbonyl (C=O) groups excluding carboxylic acids is 2. The van der Waals surface area contributed by atoms with Crippen molar-refractivity contribution < 1.29 is 9.59 Å². The molecule has 5 nitrogen and oxygen atoms in total. The smallest absolute Gasteiger partial charge is 0.267 e. The lowest BCUT2D eigenvalue weighted by atomic mass is 10.1. The van der Waals surface area contributed by atoms with Gasteiger partial charge in [-0.25, -0.2) is 0 Å². The minimum absolute atomic E-state index is 0.114. The quantitative estimate of drug-likeness (QED) is 0.846. The molecule has 1 unspecified atom stereocenters. The summed E-state index contributed by atoms with van der Waals surface area (Å²) in [5.41, 5.74) is 5.28. The molecule has 110 valence electrons. The Morgan fingerprint density at radius 3 is 2.55 bits per heavy atom. The lowest BCUT2D eigenvalue weighted by Crippen LogP contribution is -2.61. The van der Waals surface area contributed by atoms with Crippen LogP contribution in [0.15, 0.2) is 54.6 Å². The third-order valence-corrected chi connectivity index (χ3v) is 5.24. The second-order valence-electron chi connectivity index (χ2n) is 5.14. The highest BCUT2D eigenvalue weighted by molar-refractivity contribution is 8.01. The maximum Gasteiger partial charge on any atom is 0.267 e. The Labute approximate surface area is 131 Å². The van der Waals surface area contributed by atoms with Gasteiger partial charge in [0.2, 0.25) is 10.8 Å². The van der Waals surface area contributed by atoms with Crippen molar-refractivity contribution in [2.75, 3.05) is 16.1 Å². The van der Waals surface area contributed by atoms with E-state index in [9.17, 15) is 9.59 Å². The largest absolute Gasteiger partial charge is 0.322 e. The molecule has 2 aliphatic heterocycles. The highest BCUT2D eigenvalue weighted by atomic mass is 32.2. The second-order valence-corrected chi connectivity index (χ2v) is 6.31. The molecule has 2 N–H and O–H groups in total. The van der Waals surface area contributed by atoms with Crippen LogP contribution in [0.2, 0.25) is 0 Å². The number of nitrogens with zero attached hydrogens (tertiary/aromatic N) is 1. The number of amides is 2. The minimum Gasteiger partial charge on any atom is -0.322 e. The molecule has 0 saturated carbocycles. The van der Waals surface area contributed by atoms with E-state index >= 15 is 0 Å². The highest BCUT2D eigenvalue weighted by Gasteiger charge is 2.55. The lowest BCUT2D eigenvalue weighted by Gasteiger charge is -2.43. The van der Waals surface area contributed by atoms with Gasteiger partial charge in [0.15, 0.2) is 0 Å². The fraction of sp³-hybridized carbons (Fsp3) is 0.125. The summed E-state index contributed by atoms with van der Waals surface area (Å²) in [5.74, 6) is -0.00957. The summed E-state index contributed by atoms with van der Waals surface area (Å²) in [5, 5.41) is 4.59. The van der Waals surface area contributed by atoms with Crippen molar-refractivity contribution in [3.8, 4) is 0 Å². The van der Waals surface area contributed by atoms with Gasteiger partial charge in [0.1, 0.15) is 0 Å². The minimum atomic E-state index is -0.966. The third-order valence-electron chi connectivity index (χ3n) is 3.83. The van der Waals surface area contributed by atoms with E-state index in [1.165, 1.54) is 11.8 Å². The van der Waals surface area contributed by atoms with Crippen LogP contribution < -0.4 is 15.8 Å². The van der Waals surface area contributed by atoms with Crippen molar-refractivity contribution in [2.45, 2.75) is 4.87 Å². The van der Waals surface area contributed by atoms with Crippen molar-refractivity contribution in [3.63, 3.8) is 0 Å². The van der Waals surface area contributed by atoms with Gasteiger partial charge in [0.25, 0.3) is 5.91 Å². The first-order valence-electron chi connectivity index (χ1n) is 6.91. The summed E-state index contributed by atoms with van der Waals surface area (Å²) in [6.07, 6.45) is 0. The van der Waals surface area contributed by atoms with Crippen LogP contribution in [0.3, 0.4) is 0 Å². The SMILES string of the molecule is O=C1CSC2(C(=O)Nc3ccccc32)N(c2ccccc2)N1. The molecule has 1 atom stereocenters. The molecular weight excluding hydrogens is 298 g/mol. The molecule has 1 fully saturated rings. The Morgan fingerprint density at radius 1 is 1.00 bits per heavy atom. The summed E-state index contributed by atoms with van der Waals surface area (Å²) in [6.45, 7) is 0. The van der Waals surface area contributed by atoms with E-state index < -0.39 is 4.87 Å². The van der Waals surface area contributed by atoms with Gasteiger partial charge < -0.3 is 5.32 Å². The number of fused-ring (bicyclic) bond motifs is 2.